The van der Waals surface area contributed by atoms with Gasteiger partial charge >= 0.3 is 0 Å². The molecule has 0 bridgehead atoms. The molecular formula is C18H20FN5OS. The second-order valence-corrected chi connectivity index (χ2v) is 7.91. The molecule has 1 fully saturated rings. The third kappa shape index (κ3) is 3.03. The maximum Gasteiger partial charge on any atom is 0.188 e. The maximum atomic E-state index is 14.1. The monoisotopic (exact) mass is 373 g/mol. The van der Waals surface area contributed by atoms with E-state index < -0.39 is 5.60 Å². The number of rotatable bonds is 6. The van der Waals surface area contributed by atoms with Crippen LogP contribution in [0.25, 0.3) is 17.0 Å². The lowest BCUT2D eigenvalue weighted by atomic mass is 9.79. The van der Waals surface area contributed by atoms with Crippen LogP contribution >= 0.6 is 11.8 Å². The summed E-state index contributed by atoms with van der Waals surface area (Å²) >= 11 is 1.79. The quantitative estimate of drug-likeness (QED) is 0.692. The molecule has 6 nitrogen and oxygen atoms in total. The molecular weight excluding hydrogens is 353 g/mol. The van der Waals surface area contributed by atoms with Crippen molar-refractivity contribution in [2.45, 2.75) is 30.6 Å². The van der Waals surface area contributed by atoms with Gasteiger partial charge in [-0.3, -0.25) is 0 Å². The van der Waals surface area contributed by atoms with Gasteiger partial charge in [-0.15, -0.1) is 15.3 Å². The van der Waals surface area contributed by atoms with E-state index in [0.717, 1.165) is 18.6 Å². The van der Waals surface area contributed by atoms with E-state index in [1.165, 1.54) is 10.6 Å². The Morgan fingerprint density at radius 2 is 2.15 bits per heavy atom. The number of nitrogens with zero attached hydrogens (tertiary/aromatic N) is 4. The van der Waals surface area contributed by atoms with Crippen LogP contribution in [-0.4, -0.2) is 48.1 Å². The number of benzene rings is 1. The normalized spacial score (nSPS) is 22.3. The Balaban J connectivity index is 1.58. The highest BCUT2D eigenvalue weighted by Gasteiger charge is 2.45. The van der Waals surface area contributed by atoms with E-state index >= 15 is 0 Å². The number of hydrogen-bond donors (Lipinski definition) is 2. The third-order valence-corrected chi connectivity index (χ3v) is 6.17. The molecule has 8 heteroatoms. The number of anilines is 1. The topological polar surface area (TPSA) is 75.3 Å². The fourth-order valence-corrected chi connectivity index (χ4v) is 4.37. The van der Waals surface area contributed by atoms with E-state index in [1.807, 2.05) is 0 Å². The highest BCUT2D eigenvalue weighted by atomic mass is 32.2. The first kappa shape index (κ1) is 17.2. The Kier molecular flexibility index (Phi) is 4.54. The van der Waals surface area contributed by atoms with Crippen molar-refractivity contribution in [1.29, 1.82) is 0 Å². The Labute approximate surface area is 154 Å². The van der Waals surface area contributed by atoms with Crippen LogP contribution in [0.15, 0.2) is 36.4 Å². The number of aliphatic hydroxyl groups is 1. The van der Waals surface area contributed by atoms with Crippen LogP contribution in [0.1, 0.15) is 19.8 Å². The summed E-state index contributed by atoms with van der Waals surface area (Å²) < 4.78 is 15.6. The lowest BCUT2D eigenvalue weighted by Gasteiger charge is -2.45. The molecule has 0 radical (unpaired) electrons. The van der Waals surface area contributed by atoms with Crippen molar-refractivity contribution < 1.29 is 9.50 Å². The van der Waals surface area contributed by atoms with E-state index in [4.69, 9.17) is 0 Å². The van der Waals surface area contributed by atoms with Crippen molar-refractivity contribution >= 4 is 23.2 Å². The summed E-state index contributed by atoms with van der Waals surface area (Å²) in [6, 6.07) is 9.98. The van der Waals surface area contributed by atoms with Crippen LogP contribution in [0.5, 0.6) is 0 Å². The van der Waals surface area contributed by atoms with Crippen molar-refractivity contribution in [2.75, 3.05) is 17.6 Å². The standard InChI is InChI=1S/C18H20FN5OS/c1-2-26-14-9-10-18(14,25)11-20-15-7-8-16-21-22-17(24(16)23-15)12-5-3-4-6-13(12)19/h3-8,14,25H,2,9-11H2,1H3,(H,20,23). The second-order valence-electron chi connectivity index (χ2n) is 6.43. The molecule has 1 saturated carbocycles. The molecule has 26 heavy (non-hydrogen) atoms. The number of fused-ring (bicyclic) bond motifs is 1. The van der Waals surface area contributed by atoms with Gasteiger partial charge in [0.25, 0.3) is 0 Å². The van der Waals surface area contributed by atoms with Gasteiger partial charge in [-0.1, -0.05) is 19.1 Å². The second kappa shape index (κ2) is 6.85. The molecule has 2 N–H and O–H groups in total. The summed E-state index contributed by atoms with van der Waals surface area (Å²) in [7, 11) is 0. The average molecular weight is 373 g/mol. The molecule has 136 valence electrons. The average Bonchev–Trinajstić information content (AvgIpc) is 3.06. The number of hydrogen-bond acceptors (Lipinski definition) is 6. The molecule has 1 aromatic carbocycles. The van der Waals surface area contributed by atoms with E-state index in [2.05, 4.69) is 27.5 Å². The van der Waals surface area contributed by atoms with Crippen LogP contribution in [0.3, 0.4) is 0 Å². The van der Waals surface area contributed by atoms with Gasteiger partial charge in [-0.25, -0.2) is 4.39 Å². The number of nitrogens with one attached hydrogen (secondary N) is 1. The van der Waals surface area contributed by atoms with Gasteiger partial charge < -0.3 is 10.4 Å². The predicted molar refractivity (Wildman–Crippen MR) is 101 cm³/mol. The minimum atomic E-state index is -0.709. The van der Waals surface area contributed by atoms with Crippen molar-refractivity contribution in [3.8, 4) is 11.4 Å². The first-order chi connectivity index (χ1) is 12.6. The van der Waals surface area contributed by atoms with Crippen LogP contribution in [0.4, 0.5) is 10.2 Å². The van der Waals surface area contributed by atoms with Gasteiger partial charge in [0.2, 0.25) is 0 Å². The molecule has 0 spiro atoms. The Morgan fingerprint density at radius 3 is 2.88 bits per heavy atom. The summed E-state index contributed by atoms with van der Waals surface area (Å²) in [5.41, 5.74) is 0.177. The minimum absolute atomic E-state index is 0.257. The summed E-state index contributed by atoms with van der Waals surface area (Å²) in [4.78, 5) is 0. The Hall–Kier alpha value is -2.19. The van der Waals surface area contributed by atoms with Gasteiger partial charge in [0, 0.05) is 11.8 Å². The van der Waals surface area contributed by atoms with Gasteiger partial charge in [0.05, 0.1) is 11.2 Å². The number of aromatic nitrogens is 4. The van der Waals surface area contributed by atoms with Crippen LogP contribution in [0, 0.1) is 5.82 Å². The molecule has 0 saturated heterocycles. The fraction of sp³-hybridized carbons (Fsp3) is 0.389. The molecule has 2 unspecified atom stereocenters. The van der Waals surface area contributed by atoms with Crippen molar-refractivity contribution in [1.82, 2.24) is 19.8 Å². The molecule has 0 amide bonds. The van der Waals surface area contributed by atoms with E-state index in [9.17, 15) is 9.50 Å². The van der Waals surface area contributed by atoms with Gasteiger partial charge in [-0.2, -0.15) is 16.3 Å². The fourth-order valence-electron chi connectivity index (χ4n) is 3.17. The first-order valence-corrected chi connectivity index (χ1v) is 9.71. The van der Waals surface area contributed by atoms with E-state index in [1.54, 1.807) is 42.1 Å². The molecule has 2 heterocycles. The molecule has 4 rings (SSSR count). The number of thioether (sulfide) groups is 1. The zero-order chi connectivity index (χ0) is 18.1. The Bertz CT molecular complexity index is 933. The predicted octanol–water partition coefficient (Wildman–Crippen LogP) is 2.99. The molecule has 3 aromatic rings. The van der Waals surface area contributed by atoms with Gasteiger partial charge in [-0.05, 0) is 42.9 Å². The lowest BCUT2D eigenvalue weighted by Crippen LogP contribution is -2.54. The van der Waals surface area contributed by atoms with Crippen molar-refractivity contribution in [3.05, 3.63) is 42.2 Å². The SMILES string of the molecule is CCSC1CCC1(O)CNc1ccc2nnc(-c3ccccc3F)n2n1. The summed E-state index contributed by atoms with van der Waals surface area (Å²) in [6.45, 7) is 2.53. The van der Waals surface area contributed by atoms with Crippen LogP contribution in [-0.2, 0) is 0 Å². The molecule has 2 atom stereocenters. The maximum absolute atomic E-state index is 14.1. The van der Waals surface area contributed by atoms with Crippen LogP contribution < -0.4 is 5.32 Å². The van der Waals surface area contributed by atoms with E-state index in [-0.39, 0.29) is 11.1 Å². The molecule has 1 aliphatic rings. The summed E-state index contributed by atoms with van der Waals surface area (Å²) in [6.07, 6.45) is 1.82. The summed E-state index contributed by atoms with van der Waals surface area (Å²) in [5, 5.41) is 26.8. The third-order valence-electron chi connectivity index (χ3n) is 4.76. The zero-order valence-electron chi connectivity index (χ0n) is 14.4. The smallest absolute Gasteiger partial charge is 0.188 e. The lowest BCUT2D eigenvalue weighted by molar-refractivity contribution is -0.0120. The first-order valence-electron chi connectivity index (χ1n) is 8.66. The molecule has 1 aliphatic carbocycles. The van der Waals surface area contributed by atoms with Crippen molar-refractivity contribution in [2.24, 2.45) is 0 Å². The number of halogens is 1. The molecule has 2 aromatic heterocycles. The summed E-state index contributed by atoms with van der Waals surface area (Å²) in [5.74, 6) is 1.56. The minimum Gasteiger partial charge on any atom is -0.387 e. The van der Waals surface area contributed by atoms with Crippen LogP contribution in [0.2, 0.25) is 0 Å². The Morgan fingerprint density at radius 1 is 1.31 bits per heavy atom. The molecule has 0 aliphatic heterocycles. The largest absolute Gasteiger partial charge is 0.387 e. The zero-order valence-corrected chi connectivity index (χ0v) is 15.2. The van der Waals surface area contributed by atoms with Gasteiger partial charge in [0.15, 0.2) is 11.5 Å². The van der Waals surface area contributed by atoms with Crippen molar-refractivity contribution in [3.63, 3.8) is 0 Å². The highest BCUT2D eigenvalue weighted by molar-refractivity contribution is 8.00. The van der Waals surface area contributed by atoms with Gasteiger partial charge in [0.1, 0.15) is 11.6 Å². The van der Waals surface area contributed by atoms with E-state index in [0.29, 0.717) is 29.4 Å². The highest BCUT2D eigenvalue weighted by Crippen LogP contribution is 2.41.